The van der Waals surface area contributed by atoms with Crippen LogP contribution >= 0.6 is 0 Å². The minimum Gasteiger partial charge on any atom is -0.352 e. The molecule has 0 radical (unpaired) electrons. The average molecular weight is 214 g/mol. The van der Waals surface area contributed by atoms with Crippen molar-refractivity contribution in [2.24, 2.45) is 5.73 Å². The number of nitrogens with one attached hydrogen (secondary N) is 1. The van der Waals surface area contributed by atoms with Crippen LogP contribution in [0.25, 0.3) is 0 Å². The maximum absolute atomic E-state index is 11.3. The molecule has 0 fully saturated rings. The van der Waals surface area contributed by atoms with Gasteiger partial charge in [0.05, 0.1) is 0 Å². The highest BCUT2D eigenvalue weighted by atomic mass is 16.1. The van der Waals surface area contributed by atoms with Crippen LogP contribution in [-0.4, -0.2) is 18.5 Å². The number of hydrogen-bond donors (Lipinski definition) is 2. The predicted molar refractivity (Wildman–Crippen MR) is 64.7 cm³/mol. The third kappa shape index (κ3) is 9.73. The fraction of sp³-hybridized carbons (Fsp3) is 0.917. The molecular formula is C12H26N2O. The molecule has 0 aromatic rings. The monoisotopic (exact) mass is 214 g/mol. The molecular weight excluding hydrogens is 188 g/mol. The standard InChI is InChI=1S/C12H26N2O/c1-3-4-5-6-7-8-9-12(15)14-11(2)10-13/h11H,3-10,13H2,1-2H3,(H,14,15)/t11-/m1/s1. The van der Waals surface area contributed by atoms with Gasteiger partial charge < -0.3 is 11.1 Å². The summed E-state index contributed by atoms with van der Waals surface area (Å²) in [4.78, 5) is 11.3. The normalized spacial score (nSPS) is 12.5. The summed E-state index contributed by atoms with van der Waals surface area (Å²) < 4.78 is 0. The van der Waals surface area contributed by atoms with Gasteiger partial charge in [-0.05, 0) is 13.3 Å². The number of carbonyl (C=O) groups is 1. The molecule has 0 aliphatic rings. The van der Waals surface area contributed by atoms with Gasteiger partial charge in [-0.2, -0.15) is 0 Å². The van der Waals surface area contributed by atoms with Crippen molar-refractivity contribution in [3.05, 3.63) is 0 Å². The van der Waals surface area contributed by atoms with E-state index in [1.54, 1.807) is 0 Å². The van der Waals surface area contributed by atoms with E-state index in [-0.39, 0.29) is 11.9 Å². The molecule has 0 heterocycles. The van der Waals surface area contributed by atoms with E-state index >= 15 is 0 Å². The number of rotatable bonds is 9. The van der Waals surface area contributed by atoms with Crippen molar-refractivity contribution >= 4 is 5.91 Å². The summed E-state index contributed by atoms with van der Waals surface area (Å²) in [6, 6.07) is 0.109. The number of hydrogen-bond acceptors (Lipinski definition) is 2. The van der Waals surface area contributed by atoms with Gasteiger partial charge >= 0.3 is 0 Å². The highest BCUT2D eigenvalue weighted by Crippen LogP contribution is 2.06. The summed E-state index contributed by atoms with van der Waals surface area (Å²) in [5.74, 6) is 0.142. The van der Waals surface area contributed by atoms with Gasteiger partial charge in [0.2, 0.25) is 5.91 Å². The summed E-state index contributed by atoms with van der Waals surface area (Å²) in [5, 5.41) is 2.87. The number of amides is 1. The number of unbranched alkanes of at least 4 members (excludes halogenated alkanes) is 5. The van der Waals surface area contributed by atoms with Crippen molar-refractivity contribution in [1.82, 2.24) is 5.32 Å². The van der Waals surface area contributed by atoms with Crippen LogP contribution in [0.3, 0.4) is 0 Å². The van der Waals surface area contributed by atoms with Crippen molar-refractivity contribution in [2.75, 3.05) is 6.54 Å². The third-order valence-corrected chi connectivity index (χ3v) is 2.52. The molecule has 0 aliphatic carbocycles. The molecule has 3 nitrogen and oxygen atoms in total. The van der Waals surface area contributed by atoms with Crippen molar-refractivity contribution in [3.63, 3.8) is 0 Å². The molecule has 0 aliphatic heterocycles. The highest BCUT2D eigenvalue weighted by Gasteiger charge is 2.04. The Morgan fingerprint density at radius 3 is 2.40 bits per heavy atom. The van der Waals surface area contributed by atoms with Gasteiger partial charge in [0.25, 0.3) is 0 Å². The fourth-order valence-corrected chi connectivity index (χ4v) is 1.47. The first kappa shape index (κ1) is 14.4. The van der Waals surface area contributed by atoms with Gasteiger partial charge in [-0.15, -0.1) is 0 Å². The highest BCUT2D eigenvalue weighted by molar-refractivity contribution is 5.76. The molecule has 0 spiro atoms. The average Bonchev–Trinajstić information content (AvgIpc) is 2.23. The van der Waals surface area contributed by atoms with Crippen molar-refractivity contribution < 1.29 is 4.79 Å². The van der Waals surface area contributed by atoms with Crippen LogP contribution in [0.1, 0.15) is 58.8 Å². The predicted octanol–water partition coefficient (Wildman–Crippen LogP) is 2.20. The molecule has 0 bridgehead atoms. The maximum Gasteiger partial charge on any atom is 0.220 e. The molecule has 3 heteroatoms. The Labute approximate surface area is 93.8 Å². The molecule has 0 rings (SSSR count). The van der Waals surface area contributed by atoms with E-state index in [1.165, 1.54) is 32.1 Å². The quantitative estimate of drug-likeness (QED) is 0.578. The van der Waals surface area contributed by atoms with Crippen LogP contribution in [-0.2, 0) is 4.79 Å². The van der Waals surface area contributed by atoms with Crippen molar-refractivity contribution in [1.29, 1.82) is 0 Å². The van der Waals surface area contributed by atoms with E-state index in [1.807, 2.05) is 6.92 Å². The van der Waals surface area contributed by atoms with Crippen molar-refractivity contribution in [3.8, 4) is 0 Å². The summed E-state index contributed by atoms with van der Waals surface area (Å²) in [5.41, 5.74) is 5.42. The lowest BCUT2D eigenvalue weighted by Gasteiger charge is -2.10. The Hall–Kier alpha value is -0.570. The third-order valence-electron chi connectivity index (χ3n) is 2.52. The van der Waals surface area contributed by atoms with E-state index in [9.17, 15) is 4.79 Å². The second-order valence-electron chi connectivity index (χ2n) is 4.22. The minimum absolute atomic E-state index is 0.109. The lowest BCUT2D eigenvalue weighted by molar-refractivity contribution is -0.121. The summed E-state index contributed by atoms with van der Waals surface area (Å²) >= 11 is 0. The molecule has 1 atom stereocenters. The Bertz CT molecular complexity index is 160. The second-order valence-corrected chi connectivity index (χ2v) is 4.22. The fourth-order valence-electron chi connectivity index (χ4n) is 1.47. The first-order valence-corrected chi connectivity index (χ1v) is 6.20. The van der Waals surface area contributed by atoms with Gasteiger partial charge in [0.1, 0.15) is 0 Å². The van der Waals surface area contributed by atoms with E-state index in [2.05, 4.69) is 12.2 Å². The Balaban J connectivity index is 3.24. The Morgan fingerprint density at radius 2 is 1.80 bits per heavy atom. The minimum atomic E-state index is 0.109. The molecule has 0 saturated carbocycles. The largest absolute Gasteiger partial charge is 0.352 e. The van der Waals surface area contributed by atoms with Gasteiger partial charge in [0.15, 0.2) is 0 Å². The van der Waals surface area contributed by atoms with E-state index in [0.29, 0.717) is 13.0 Å². The van der Waals surface area contributed by atoms with Crippen LogP contribution in [0, 0.1) is 0 Å². The zero-order valence-electron chi connectivity index (χ0n) is 10.2. The first-order valence-electron chi connectivity index (χ1n) is 6.20. The number of nitrogens with two attached hydrogens (primary N) is 1. The van der Waals surface area contributed by atoms with Gasteiger partial charge in [-0.25, -0.2) is 0 Å². The van der Waals surface area contributed by atoms with Gasteiger partial charge in [-0.3, -0.25) is 4.79 Å². The van der Waals surface area contributed by atoms with Crippen LogP contribution in [0.5, 0.6) is 0 Å². The molecule has 3 N–H and O–H groups in total. The molecule has 1 amide bonds. The molecule has 0 saturated heterocycles. The summed E-state index contributed by atoms with van der Waals surface area (Å²) in [6.45, 7) is 4.66. The lowest BCUT2D eigenvalue weighted by atomic mass is 10.1. The summed E-state index contributed by atoms with van der Waals surface area (Å²) in [7, 11) is 0. The van der Waals surface area contributed by atoms with Crippen LogP contribution in [0.4, 0.5) is 0 Å². The van der Waals surface area contributed by atoms with Crippen LogP contribution in [0.15, 0.2) is 0 Å². The maximum atomic E-state index is 11.3. The van der Waals surface area contributed by atoms with Crippen LogP contribution in [0.2, 0.25) is 0 Å². The topological polar surface area (TPSA) is 55.1 Å². The van der Waals surface area contributed by atoms with Crippen LogP contribution < -0.4 is 11.1 Å². The van der Waals surface area contributed by atoms with E-state index < -0.39 is 0 Å². The molecule has 15 heavy (non-hydrogen) atoms. The SMILES string of the molecule is CCCCCCCCC(=O)N[C@H](C)CN. The molecule has 0 aromatic carbocycles. The number of carbonyl (C=O) groups excluding carboxylic acids is 1. The Morgan fingerprint density at radius 1 is 1.20 bits per heavy atom. The summed E-state index contributed by atoms with van der Waals surface area (Å²) in [6.07, 6.45) is 7.98. The first-order chi connectivity index (χ1) is 7.20. The zero-order valence-corrected chi connectivity index (χ0v) is 10.2. The molecule has 90 valence electrons. The molecule has 0 unspecified atom stereocenters. The lowest BCUT2D eigenvalue weighted by Crippen LogP contribution is -2.37. The smallest absolute Gasteiger partial charge is 0.220 e. The molecule has 0 aromatic heterocycles. The Kier molecular flexibility index (Phi) is 9.59. The van der Waals surface area contributed by atoms with Gasteiger partial charge in [0, 0.05) is 19.0 Å². The van der Waals surface area contributed by atoms with E-state index in [0.717, 1.165) is 6.42 Å². The van der Waals surface area contributed by atoms with Crippen molar-refractivity contribution in [2.45, 2.75) is 64.8 Å². The van der Waals surface area contributed by atoms with E-state index in [4.69, 9.17) is 5.73 Å². The zero-order chi connectivity index (χ0) is 11.5. The van der Waals surface area contributed by atoms with Gasteiger partial charge in [-0.1, -0.05) is 39.0 Å². The second kappa shape index (κ2) is 9.97.